The summed E-state index contributed by atoms with van der Waals surface area (Å²) in [6, 6.07) is -0.993. The molecule has 1 fully saturated rings. The summed E-state index contributed by atoms with van der Waals surface area (Å²) >= 11 is 2.47. The van der Waals surface area contributed by atoms with Gasteiger partial charge in [0.25, 0.3) is 11.8 Å². The number of thiazole rings is 1. The first-order chi connectivity index (χ1) is 19.1. The monoisotopic (exact) mass is 599 g/mol. The van der Waals surface area contributed by atoms with Crippen molar-refractivity contribution in [3.63, 3.8) is 0 Å². The highest BCUT2D eigenvalue weighted by atomic mass is 32.2. The minimum absolute atomic E-state index is 0.0392. The fraction of sp³-hybridized carbons (Fsp3) is 0.522. The molecule has 2 aliphatic heterocycles. The normalized spacial score (nSPS) is 19.3. The van der Waals surface area contributed by atoms with Crippen molar-refractivity contribution in [2.45, 2.75) is 44.6 Å². The molecule has 1 aromatic heterocycles. The third-order valence-corrected chi connectivity index (χ3v) is 7.33. The maximum Gasteiger partial charge on any atom is 0.511 e. The molecule has 0 aliphatic carbocycles. The lowest BCUT2D eigenvalue weighted by Gasteiger charge is -2.49. The number of nitrogens with zero attached hydrogens (tertiary/aromatic N) is 3. The van der Waals surface area contributed by atoms with Crippen molar-refractivity contribution < 1.29 is 47.8 Å². The van der Waals surface area contributed by atoms with Gasteiger partial charge in [0.05, 0.1) is 19.3 Å². The molecule has 0 spiro atoms. The number of carbonyl (C=O) groups is 5. The molecule has 218 valence electrons. The maximum atomic E-state index is 13.2. The lowest BCUT2D eigenvalue weighted by atomic mass is 10.0. The minimum Gasteiger partial charge on any atom is -0.431 e. The first-order valence-electron chi connectivity index (χ1n) is 11.9. The van der Waals surface area contributed by atoms with Crippen LogP contribution in [0.15, 0.2) is 21.8 Å². The Balaban J connectivity index is 1.73. The van der Waals surface area contributed by atoms with Gasteiger partial charge < -0.3 is 39.2 Å². The second kappa shape index (κ2) is 14.1. The maximum absolute atomic E-state index is 13.2. The van der Waals surface area contributed by atoms with E-state index in [4.69, 9.17) is 23.8 Å². The number of carbonyl (C=O) groups excluding carboxylic acids is 5. The quantitative estimate of drug-likeness (QED) is 0.0813. The van der Waals surface area contributed by atoms with Gasteiger partial charge in [0.2, 0.25) is 6.29 Å². The molecule has 0 saturated carbocycles. The second-order valence-corrected chi connectivity index (χ2v) is 10.4. The van der Waals surface area contributed by atoms with E-state index in [1.165, 1.54) is 37.8 Å². The lowest BCUT2D eigenvalue weighted by molar-refractivity contribution is -0.169. The molecule has 1 saturated heterocycles. The van der Waals surface area contributed by atoms with Crippen molar-refractivity contribution >= 4 is 64.2 Å². The largest absolute Gasteiger partial charge is 0.511 e. The second-order valence-electron chi connectivity index (χ2n) is 8.46. The van der Waals surface area contributed by atoms with Gasteiger partial charge in [0.1, 0.15) is 36.2 Å². The molecule has 3 rings (SSSR count). The Morgan fingerprint density at radius 3 is 2.62 bits per heavy atom. The van der Waals surface area contributed by atoms with Gasteiger partial charge in [-0.15, -0.1) is 23.1 Å². The first-order valence-corrected chi connectivity index (χ1v) is 13.8. The summed E-state index contributed by atoms with van der Waals surface area (Å²) < 4.78 is 20.3. The van der Waals surface area contributed by atoms with Gasteiger partial charge >= 0.3 is 12.1 Å². The predicted octanol–water partition coefficient (Wildman–Crippen LogP) is 0.856. The number of nitrogens with one attached hydrogen (secondary N) is 2. The number of esters is 1. The molecule has 1 aromatic rings. The number of fused-ring (bicyclic) bond motifs is 1. The Labute approximate surface area is 237 Å². The molecule has 17 heteroatoms. The molecule has 0 radical (unpaired) electrons. The van der Waals surface area contributed by atoms with E-state index in [0.717, 1.165) is 11.3 Å². The number of aromatic nitrogens is 1. The molecule has 15 nitrogen and oxygen atoms in total. The van der Waals surface area contributed by atoms with Gasteiger partial charge in [-0.3, -0.25) is 14.5 Å². The fourth-order valence-corrected chi connectivity index (χ4v) is 5.67. The molecular formula is C23H29N5O10S2. The van der Waals surface area contributed by atoms with E-state index < -0.39 is 47.7 Å². The number of anilines is 1. The first kappa shape index (κ1) is 30.8. The zero-order chi connectivity index (χ0) is 29.4. The van der Waals surface area contributed by atoms with Crippen molar-refractivity contribution in [2.24, 2.45) is 5.16 Å². The van der Waals surface area contributed by atoms with E-state index >= 15 is 0 Å². The van der Waals surface area contributed by atoms with Crippen LogP contribution in [-0.4, -0.2) is 103 Å². The number of ether oxygens (including phenoxy) is 4. The molecule has 40 heavy (non-hydrogen) atoms. The predicted molar refractivity (Wildman–Crippen MR) is 142 cm³/mol. The van der Waals surface area contributed by atoms with E-state index in [2.05, 4.69) is 20.8 Å². The fourth-order valence-electron chi connectivity index (χ4n) is 3.64. The Morgan fingerprint density at radius 1 is 1.23 bits per heavy atom. The van der Waals surface area contributed by atoms with Crippen LogP contribution in [0.2, 0.25) is 0 Å². The number of hydrogen-bond acceptors (Lipinski definition) is 15. The number of thioether (sulfide) groups is 1. The van der Waals surface area contributed by atoms with Crippen molar-refractivity contribution in [1.29, 1.82) is 0 Å². The number of amides is 2. The van der Waals surface area contributed by atoms with Crippen LogP contribution in [0.5, 0.6) is 0 Å². The Bertz CT molecular complexity index is 1200. The minimum atomic E-state index is -1.30. The van der Waals surface area contributed by atoms with Gasteiger partial charge in [-0.25, -0.2) is 14.6 Å². The van der Waals surface area contributed by atoms with Crippen LogP contribution in [0.4, 0.5) is 9.93 Å². The smallest absolute Gasteiger partial charge is 0.431 e. The molecule has 2 aliphatic rings. The van der Waals surface area contributed by atoms with Gasteiger partial charge in [0, 0.05) is 25.2 Å². The lowest BCUT2D eigenvalue weighted by Crippen LogP contribution is -2.71. The van der Waals surface area contributed by atoms with Crippen molar-refractivity contribution in [3.05, 3.63) is 22.3 Å². The van der Waals surface area contributed by atoms with E-state index in [-0.39, 0.29) is 30.3 Å². The summed E-state index contributed by atoms with van der Waals surface area (Å²) in [6.07, 6.45) is -2.08. The number of β-lactam (4-membered cyclic amide) rings is 1. The summed E-state index contributed by atoms with van der Waals surface area (Å²) in [7, 11) is 2.70. The zero-order valence-corrected chi connectivity index (χ0v) is 24.0. The highest BCUT2D eigenvalue weighted by Gasteiger charge is 2.55. The molecular weight excluding hydrogens is 570 g/mol. The number of rotatable bonds is 13. The average molecular weight is 600 g/mol. The van der Waals surface area contributed by atoms with Crippen LogP contribution in [0.1, 0.15) is 26.5 Å². The van der Waals surface area contributed by atoms with Crippen LogP contribution in [0, 0.1) is 0 Å². The van der Waals surface area contributed by atoms with Crippen LogP contribution < -0.4 is 10.6 Å². The van der Waals surface area contributed by atoms with Gasteiger partial charge in [0.15, 0.2) is 10.8 Å². The summed E-state index contributed by atoms with van der Waals surface area (Å²) in [4.78, 5) is 72.0. The topological polar surface area (TPSA) is 184 Å². The molecule has 3 heterocycles. The van der Waals surface area contributed by atoms with Crippen molar-refractivity contribution in [2.75, 3.05) is 38.4 Å². The van der Waals surface area contributed by atoms with E-state index in [9.17, 15) is 24.0 Å². The molecule has 0 aromatic carbocycles. The average Bonchev–Trinajstić information content (AvgIpc) is 3.36. The highest BCUT2D eigenvalue weighted by Crippen LogP contribution is 2.41. The third-order valence-electron chi connectivity index (χ3n) is 5.19. The van der Waals surface area contributed by atoms with Crippen LogP contribution in [0.3, 0.4) is 0 Å². The molecule has 2 N–H and O–H groups in total. The number of methoxy groups -OCH3 is 1. The summed E-state index contributed by atoms with van der Waals surface area (Å²) in [5.41, 5.74) is 0.432. The number of hydrogen-bond donors (Lipinski definition) is 2. The Hall–Kier alpha value is -3.70. The Kier molecular flexibility index (Phi) is 10.9. The summed E-state index contributed by atoms with van der Waals surface area (Å²) in [5, 5.41) is 10.5. The van der Waals surface area contributed by atoms with Crippen molar-refractivity contribution in [1.82, 2.24) is 15.2 Å². The molecule has 2 amide bonds. The van der Waals surface area contributed by atoms with Crippen LogP contribution in [-0.2, 0) is 43.0 Å². The van der Waals surface area contributed by atoms with Gasteiger partial charge in [-0.2, -0.15) is 0 Å². The zero-order valence-electron chi connectivity index (χ0n) is 22.3. The van der Waals surface area contributed by atoms with Gasteiger partial charge in [-0.05, 0) is 19.4 Å². The summed E-state index contributed by atoms with van der Waals surface area (Å²) in [6.45, 7) is 4.69. The highest BCUT2D eigenvalue weighted by molar-refractivity contribution is 8.00. The number of oxime groups is 1. The standard InChI is InChI=1S/C23H29N5O10S2/c1-11(2)36-23(33)38-12(3)37-21(32)17-13(8-34-4)9-39-20-16(19(31)28(17)20)26-18(30)15(27-35-5)14-10-40-22(25-14)24-6-7-29/h7,10-12,16,20H,6,8-9H2,1-5H3,(H,24,25)(H,26,30)/b27-15-/t12?,16-,20?/m1/s1. The SMILES string of the molecule is COCC1=C(C(=O)OC(C)OC(=O)OC(C)C)N2C(=O)[C@@H](NC(=O)/C(=N\OC)c3csc(NCC=O)n3)C2SC1. The Morgan fingerprint density at radius 2 is 1.98 bits per heavy atom. The van der Waals surface area contributed by atoms with Gasteiger partial charge in [-0.1, -0.05) is 5.16 Å². The van der Waals surface area contributed by atoms with E-state index in [0.29, 0.717) is 22.7 Å². The summed E-state index contributed by atoms with van der Waals surface area (Å²) in [5.74, 6) is -1.89. The van der Waals surface area contributed by atoms with Crippen LogP contribution in [0.25, 0.3) is 0 Å². The number of aldehydes is 1. The molecule has 0 bridgehead atoms. The van der Waals surface area contributed by atoms with Crippen molar-refractivity contribution in [3.8, 4) is 0 Å². The van der Waals surface area contributed by atoms with Crippen LogP contribution >= 0.6 is 23.1 Å². The van der Waals surface area contributed by atoms with E-state index in [1.54, 1.807) is 19.2 Å². The third kappa shape index (κ3) is 7.28. The van der Waals surface area contributed by atoms with E-state index in [1.807, 2.05) is 0 Å². The molecule has 3 atom stereocenters. The molecule has 2 unspecified atom stereocenters.